The minimum atomic E-state index is 0.0117. The highest BCUT2D eigenvalue weighted by Crippen LogP contribution is 2.29. The van der Waals surface area contributed by atoms with Gasteiger partial charge in [0.05, 0.1) is 34.7 Å². The molecule has 8 heteroatoms. The van der Waals surface area contributed by atoms with Crippen molar-refractivity contribution in [2.45, 2.75) is 51.6 Å². The number of nitrogens with zero attached hydrogens (tertiary/aromatic N) is 4. The lowest BCUT2D eigenvalue weighted by molar-refractivity contribution is -0.130. The predicted octanol–water partition coefficient (Wildman–Crippen LogP) is 3.91. The third-order valence-electron chi connectivity index (χ3n) is 7.27. The van der Waals surface area contributed by atoms with Crippen LogP contribution in [0.1, 0.15) is 38.5 Å². The fourth-order valence-corrected chi connectivity index (χ4v) is 5.21. The van der Waals surface area contributed by atoms with Gasteiger partial charge in [0, 0.05) is 38.0 Å². The Balaban J connectivity index is 0.968. The molecule has 2 N–H and O–H groups in total. The van der Waals surface area contributed by atoms with Crippen molar-refractivity contribution in [3.63, 3.8) is 0 Å². The SMILES string of the molecule is O=C(NCCCn1cnc2ccccc21)C1CCC(C(=O)NCCCn2cnc3ccccc32)CC1. The standard InChI is InChI=1S/C28H34N6O2/c35-27(29-15-5-17-33-19-31-23-7-1-3-9-25(23)33)21-11-13-22(14-12-21)28(36)30-16-6-18-34-20-32-24-8-2-4-10-26(24)34/h1-4,7-10,19-22H,5-6,11-18H2,(H,29,35)(H,30,36). The van der Waals surface area contributed by atoms with Gasteiger partial charge in [-0.2, -0.15) is 0 Å². The predicted molar refractivity (Wildman–Crippen MR) is 140 cm³/mol. The first-order valence-electron chi connectivity index (χ1n) is 13.0. The number of hydrogen-bond donors (Lipinski definition) is 2. The molecule has 4 aromatic rings. The Hall–Kier alpha value is -3.68. The minimum Gasteiger partial charge on any atom is -0.356 e. The Labute approximate surface area is 211 Å². The van der Waals surface area contributed by atoms with Crippen LogP contribution in [0.15, 0.2) is 61.2 Å². The van der Waals surface area contributed by atoms with E-state index < -0.39 is 0 Å². The van der Waals surface area contributed by atoms with E-state index in [4.69, 9.17) is 0 Å². The van der Waals surface area contributed by atoms with Crippen LogP contribution in [0.3, 0.4) is 0 Å². The summed E-state index contributed by atoms with van der Waals surface area (Å²) in [4.78, 5) is 34.1. The van der Waals surface area contributed by atoms with Gasteiger partial charge in [0.2, 0.25) is 11.8 Å². The van der Waals surface area contributed by atoms with E-state index in [9.17, 15) is 9.59 Å². The molecule has 0 atom stereocenters. The Morgan fingerprint density at radius 1 is 0.694 bits per heavy atom. The molecule has 0 unspecified atom stereocenters. The number of hydrogen-bond acceptors (Lipinski definition) is 4. The molecule has 0 spiro atoms. The summed E-state index contributed by atoms with van der Waals surface area (Å²) in [5.41, 5.74) is 4.23. The number of benzene rings is 2. The summed E-state index contributed by atoms with van der Waals surface area (Å²) in [5, 5.41) is 6.19. The Morgan fingerprint density at radius 2 is 1.11 bits per heavy atom. The highest BCUT2D eigenvalue weighted by atomic mass is 16.2. The van der Waals surface area contributed by atoms with E-state index in [0.29, 0.717) is 13.1 Å². The highest BCUT2D eigenvalue weighted by molar-refractivity contribution is 5.81. The molecule has 1 aliphatic rings. The molecular formula is C28H34N6O2. The quantitative estimate of drug-likeness (QED) is 0.333. The molecule has 5 rings (SSSR count). The van der Waals surface area contributed by atoms with Crippen LogP contribution in [0.5, 0.6) is 0 Å². The number of para-hydroxylation sites is 4. The molecule has 188 valence electrons. The van der Waals surface area contributed by atoms with Crippen molar-refractivity contribution < 1.29 is 9.59 Å². The molecule has 1 aliphatic carbocycles. The maximum absolute atomic E-state index is 12.6. The second-order valence-electron chi connectivity index (χ2n) is 9.69. The molecule has 36 heavy (non-hydrogen) atoms. The summed E-state index contributed by atoms with van der Waals surface area (Å²) in [6.07, 6.45) is 8.54. The molecule has 0 aliphatic heterocycles. The van der Waals surface area contributed by atoms with E-state index in [1.165, 1.54) is 0 Å². The molecule has 2 aromatic carbocycles. The van der Waals surface area contributed by atoms with Crippen LogP contribution in [0.2, 0.25) is 0 Å². The Bertz CT molecular complexity index is 1220. The second kappa shape index (κ2) is 11.4. The van der Waals surface area contributed by atoms with Crippen LogP contribution in [0.25, 0.3) is 22.1 Å². The fourth-order valence-electron chi connectivity index (χ4n) is 5.21. The summed E-state index contributed by atoms with van der Waals surface area (Å²) in [7, 11) is 0. The first-order chi connectivity index (χ1) is 17.7. The van der Waals surface area contributed by atoms with Gasteiger partial charge in [-0.1, -0.05) is 24.3 Å². The maximum atomic E-state index is 12.6. The van der Waals surface area contributed by atoms with Crippen molar-refractivity contribution in [2.75, 3.05) is 13.1 Å². The number of rotatable bonds is 10. The van der Waals surface area contributed by atoms with Crippen molar-refractivity contribution in [1.29, 1.82) is 0 Å². The van der Waals surface area contributed by atoms with Gasteiger partial charge in [-0.25, -0.2) is 9.97 Å². The van der Waals surface area contributed by atoms with Gasteiger partial charge < -0.3 is 19.8 Å². The maximum Gasteiger partial charge on any atom is 0.223 e. The lowest BCUT2D eigenvalue weighted by Gasteiger charge is -2.27. The van der Waals surface area contributed by atoms with Crippen molar-refractivity contribution in [2.24, 2.45) is 11.8 Å². The molecular weight excluding hydrogens is 452 g/mol. The van der Waals surface area contributed by atoms with Gasteiger partial charge >= 0.3 is 0 Å². The third-order valence-corrected chi connectivity index (χ3v) is 7.27. The zero-order valence-corrected chi connectivity index (χ0v) is 20.6. The highest BCUT2D eigenvalue weighted by Gasteiger charge is 2.29. The Morgan fingerprint density at radius 3 is 1.56 bits per heavy atom. The van der Waals surface area contributed by atoms with Crippen LogP contribution in [-0.4, -0.2) is 44.0 Å². The van der Waals surface area contributed by atoms with Crippen LogP contribution in [0.4, 0.5) is 0 Å². The van der Waals surface area contributed by atoms with Crippen molar-refractivity contribution in [1.82, 2.24) is 29.7 Å². The van der Waals surface area contributed by atoms with E-state index in [-0.39, 0.29) is 23.7 Å². The Kier molecular flexibility index (Phi) is 7.59. The number of fused-ring (bicyclic) bond motifs is 2. The van der Waals surface area contributed by atoms with E-state index in [0.717, 1.165) is 73.7 Å². The van der Waals surface area contributed by atoms with Crippen molar-refractivity contribution in [3.8, 4) is 0 Å². The zero-order chi connectivity index (χ0) is 24.7. The molecule has 1 fully saturated rings. The number of aromatic nitrogens is 4. The number of amides is 2. The third kappa shape index (κ3) is 5.58. The number of aryl methyl sites for hydroxylation is 2. The summed E-state index contributed by atoms with van der Waals surface area (Å²) in [6.45, 7) is 2.95. The number of carbonyl (C=O) groups excluding carboxylic acids is 2. The number of imidazole rings is 2. The fraction of sp³-hybridized carbons (Fsp3) is 0.429. The zero-order valence-electron chi connectivity index (χ0n) is 20.6. The average Bonchev–Trinajstić information content (AvgIpc) is 3.53. The van der Waals surface area contributed by atoms with E-state index in [2.05, 4.69) is 41.9 Å². The second-order valence-corrected chi connectivity index (χ2v) is 9.69. The molecule has 0 radical (unpaired) electrons. The average molecular weight is 487 g/mol. The smallest absolute Gasteiger partial charge is 0.223 e. The summed E-state index contributed by atoms with van der Waals surface area (Å²) in [6, 6.07) is 16.2. The summed E-state index contributed by atoms with van der Waals surface area (Å²) >= 11 is 0. The lowest BCUT2D eigenvalue weighted by atomic mass is 9.81. The lowest BCUT2D eigenvalue weighted by Crippen LogP contribution is -2.38. The van der Waals surface area contributed by atoms with Gasteiger partial charge in [0.1, 0.15) is 0 Å². The van der Waals surface area contributed by atoms with E-state index >= 15 is 0 Å². The number of nitrogens with one attached hydrogen (secondary N) is 2. The summed E-state index contributed by atoms with van der Waals surface area (Å²) < 4.78 is 4.26. The minimum absolute atomic E-state index is 0.0117. The molecule has 0 saturated heterocycles. The van der Waals surface area contributed by atoms with Crippen molar-refractivity contribution >= 4 is 33.9 Å². The van der Waals surface area contributed by atoms with E-state index in [1.807, 2.05) is 49.1 Å². The normalized spacial score (nSPS) is 17.9. The van der Waals surface area contributed by atoms with Crippen LogP contribution < -0.4 is 10.6 Å². The first-order valence-corrected chi connectivity index (χ1v) is 13.0. The number of carbonyl (C=O) groups is 2. The van der Waals surface area contributed by atoms with Gasteiger partial charge in [0.25, 0.3) is 0 Å². The molecule has 1 saturated carbocycles. The van der Waals surface area contributed by atoms with Crippen LogP contribution in [-0.2, 0) is 22.7 Å². The molecule has 8 nitrogen and oxygen atoms in total. The van der Waals surface area contributed by atoms with Gasteiger partial charge in [-0.3, -0.25) is 9.59 Å². The van der Waals surface area contributed by atoms with Crippen LogP contribution in [0, 0.1) is 11.8 Å². The van der Waals surface area contributed by atoms with Gasteiger partial charge in [-0.05, 0) is 62.8 Å². The monoisotopic (exact) mass is 486 g/mol. The molecule has 2 heterocycles. The summed E-state index contributed by atoms with van der Waals surface area (Å²) in [5.74, 6) is 0.268. The van der Waals surface area contributed by atoms with Gasteiger partial charge in [0.15, 0.2) is 0 Å². The molecule has 2 aromatic heterocycles. The van der Waals surface area contributed by atoms with Crippen molar-refractivity contribution in [3.05, 3.63) is 61.2 Å². The molecule has 0 bridgehead atoms. The van der Waals surface area contributed by atoms with E-state index in [1.54, 1.807) is 0 Å². The molecule has 2 amide bonds. The van der Waals surface area contributed by atoms with Gasteiger partial charge in [-0.15, -0.1) is 0 Å². The first kappa shape index (κ1) is 24.0. The topological polar surface area (TPSA) is 93.8 Å². The largest absolute Gasteiger partial charge is 0.356 e. The van der Waals surface area contributed by atoms with Crippen LogP contribution >= 0.6 is 0 Å².